The lowest BCUT2D eigenvalue weighted by Crippen LogP contribution is -2.31. The molecule has 0 radical (unpaired) electrons. The highest BCUT2D eigenvalue weighted by Crippen LogP contribution is 2.25. The van der Waals surface area contributed by atoms with Crippen molar-refractivity contribution in [3.05, 3.63) is 18.2 Å². The van der Waals surface area contributed by atoms with Gasteiger partial charge in [0.25, 0.3) is 0 Å². The SMILES string of the molecule is CC(C)C(CN)c1cncn1C(C)C(=O)N(C)C. The molecule has 1 rings (SSSR count). The van der Waals surface area contributed by atoms with Gasteiger partial charge in [-0.15, -0.1) is 0 Å². The summed E-state index contributed by atoms with van der Waals surface area (Å²) < 4.78 is 1.93. The predicted octanol–water partition coefficient (Wildman–Crippen LogP) is 1.23. The predicted molar refractivity (Wildman–Crippen MR) is 72.3 cm³/mol. The van der Waals surface area contributed by atoms with Gasteiger partial charge in [0.05, 0.1) is 6.33 Å². The molecule has 0 bridgehead atoms. The molecule has 1 aromatic heterocycles. The van der Waals surface area contributed by atoms with Crippen LogP contribution in [-0.2, 0) is 4.79 Å². The van der Waals surface area contributed by atoms with Crippen molar-refractivity contribution in [1.82, 2.24) is 14.5 Å². The van der Waals surface area contributed by atoms with Gasteiger partial charge >= 0.3 is 0 Å². The summed E-state index contributed by atoms with van der Waals surface area (Å²) in [7, 11) is 3.52. The summed E-state index contributed by atoms with van der Waals surface area (Å²) in [5.41, 5.74) is 6.87. The van der Waals surface area contributed by atoms with Gasteiger partial charge in [-0.25, -0.2) is 4.98 Å². The van der Waals surface area contributed by atoms with E-state index in [1.54, 1.807) is 25.3 Å². The Balaban J connectivity index is 3.05. The first-order chi connectivity index (χ1) is 8.40. The van der Waals surface area contributed by atoms with Gasteiger partial charge in [-0.1, -0.05) is 13.8 Å². The molecule has 2 atom stereocenters. The largest absolute Gasteiger partial charge is 0.347 e. The molecule has 0 saturated carbocycles. The quantitative estimate of drug-likeness (QED) is 0.857. The summed E-state index contributed by atoms with van der Waals surface area (Å²) in [5.74, 6) is 0.714. The number of carbonyl (C=O) groups excluding carboxylic acids is 1. The van der Waals surface area contributed by atoms with E-state index in [0.717, 1.165) is 5.69 Å². The van der Waals surface area contributed by atoms with Gasteiger partial charge in [-0.05, 0) is 12.8 Å². The van der Waals surface area contributed by atoms with Gasteiger partial charge in [0.2, 0.25) is 5.91 Å². The van der Waals surface area contributed by atoms with Crippen LogP contribution < -0.4 is 5.73 Å². The minimum atomic E-state index is -0.245. The molecule has 1 aromatic rings. The van der Waals surface area contributed by atoms with E-state index in [2.05, 4.69) is 18.8 Å². The summed E-state index contributed by atoms with van der Waals surface area (Å²) in [6, 6.07) is -0.245. The summed E-state index contributed by atoms with van der Waals surface area (Å²) >= 11 is 0. The van der Waals surface area contributed by atoms with Gasteiger partial charge in [0, 0.05) is 38.4 Å². The number of aromatic nitrogens is 2. The van der Waals surface area contributed by atoms with E-state index in [0.29, 0.717) is 12.5 Å². The number of hydrogen-bond acceptors (Lipinski definition) is 3. The molecule has 0 aromatic carbocycles. The Morgan fingerprint density at radius 1 is 1.44 bits per heavy atom. The fraction of sp³-hybridized carbons (Fsp3) is 0.692. The van der Waals surface area contributed by atoms with Crippen LogP contribution in [0.1, 0.15) is 38.4 Å². The van der Waals surface area contributed by atoms with Crippen LogP contribution in [0, 0.1) is 5.92 Å². The van der Waals surface area contributed by atoms with Gasteiger partial charge in [-0.2, -0.15) is 0 Å². The molecule has 0 aliphatic heterocycles. The second-order valence-corrected chi connectivity index (χ2v) is 5.22. The van der Waals surface area contributed by atoms with Crippen LogP contribution in [0.2, 0.25) is 0 Å². The third-order valence-corrected chi connectivity index (χ3v) is 3.35. The molecule has 2 N–H and O–H groups in total. The summed E-state index contributed by atoms with van der Waals surface area (Å²) in [5, 5.41) is 0. The molecule has 1 heterocycles. The first-order valence-corrected chi connectivity index (χ1v) is 6.33. The van der Waals surface area contributed by atoms with E-state index in [1.807, 2.05) is 17.7 Å². The molecule has 0 fully saturated rings. The molecular formula is C13H24N4O. The van der Waals surface area contributed by atoms with Crippen molar-refractivity contribution in [2.24, 2.45) is 11.7 Å². The van der Waals surface area contributed by atoms with E-state index < -0.39 is 0 Å². The Labute approximate surface area is 109 Å². The monoisotopic (exact) mass is 252 g/mol. The maximum atomic E-state index is 12.0. The number of nitrogens with zero attached hydrogens (tertiary/aromatic N) is 3. The number of imidazole rings is 1. The highest BCUT2D eigenvalue weighted by atomic mass is 16.2. The Morgan fingerprint density at radius 3 is 2.50 bits per heavy atom. The number of rotatable bonds is 5. The second kappa shape index (κ2) is 6.00. The van der Waals surface area contributed by atoms with Crippen molar-refractivity contribution < 1.29 is 4.79 Å². The Hall–Kier alpha value is -1.36. The van der Waals surface area contributed by atoms with Crippen molar-refractivity contribution in [3.63, 3.8) is 0 Å². The zero-order valence-corrected chi connectivity index (χ0v) is 11.9. The molecule has 5 heteroatoms. The topological polar surface area (TPSA) is 64.1 Å². The minimum Gasteiger partial charge on any atom is -0.347 e. The van der Waals surface area contributed by atoms with Crippen LogP contribution in [0.25, 0.3) is 0 Å². The number of likely N-dealkylation sites (N-methyl/N-ethyl adjacent to an activating group) is 1. The van der Waals surface area contributed by atoms with E-state index in [1.165, 1.54) is 0 Å². The lowest BCUT2D eigenvalue weighted by Gasteiger charge is -2.25. The van der Waals surface area contributed by atoms with E-state index >= 15 is 0 Å². The molecule has 0 saturated heterocycles. The Bertz CT molecular complexity index is 397. The van der Waals surface area contributed by atoms with Crippen molar-refractivity contribution in [3.8, 4) is 0 Å². The molecule has 18 heavy (non-hydrogen) atoms. The maximum Gasteiger partial charge on any atom is 0.244 e. The van der Waals surface area contributed by atoms with Crippen molar-refractivity contribution in [2.45, 2.75) is 32.7 Å². The molecule has 0 spiro atoms. The van der Waals surface area contributed by atoms with Crippen LogP contribution in [0.3, 0.4) is 0 Å². The van der Waals surface area contributed by atoms with Crippen LogP contribution in [0.4, 0.5) is 0 Å². The Morgan fingerprint density at radius 2 is 2.06 bits per heavy atom. The van der Waals surface area contributed by atoms with E-state index in [9.17, 15) is 4.79 Å². The normalized spacial score (nSPS) is 14.6. The summed E-state index contributed by atoms with van der Waals surface area (Å²) in [4.78, 5) is 17.8. The fourth-order valence-corrected chi connectivity index (χ4v) is 2.15. The number of hydrogen-bond donors (Lipinski definition) is 1. The minimum absolute atomic E-state index is 0.0637. The van der Waals surface area contributed by atoms with Gasteiger partial charge < -0.3 is 15.2 Å². The number of carbonyl (C=O) groups is 1. The lowest BCUT2D eigenvalue weighted by molar-refractivity contribution is -0.131. The van der Waals surface area contributed by atoms with E-state index in [4.69, 9.17) is 5.73 Å². The first-order valence-electron chi connectivity index (χ1n) is 6.33. The molecule has 5 nitrogen and oxygen atoms in total. The van der Waals surface area contributed by atoms with Crippen LogP contribution in [-0.4, -0.2) is 41.0 Å². The first kappa shape index (κ1) is 14.7. The second-order valence-electron chi connectivity index (χ2n) is 5.22. The van der Waals surface area contributed by atoms with Crippen molar-refractivity contribution in [2.75, 3.05) is 20.6 Å². The fourth-order valence-electron chi connectivity index (χ4n) is 2.15. The summed E-state index contributed by atoms with van der Waals surface area (Å²) in [6.45, 7) is 6.72. The number of amides is 1. The highest BCUT2D eigenvalue weighted by Gasteiger charge is 2.24. The third kappa shape index (κ3) is 2.90. The standard InChI is InChI=1S/C13H24N4O/c1-9(2)11(6-14)12-7-15-8-17(12)10(3)13(18)16(4)5/h7-11H,6,14H2,1-5H3. The zero-order chi connectivity index (χ0) is 13.9. The molecule has 1 amide bonds. The van der Waals surface area contributed by atoms with Crippen LogP contribution in [0.15, 0.2) is 12.5 Å². The van der Waals surface area contributed by atoms with Gasteiger partial charge in [-0.3, -0.25) is 4.79 Å². The van der Waals surface area contributed by atoms with Crippen molar-refractivity contribution in [1.29, 1.82) is 0 Å². The highest BCUT2D eigenvalue weighted by molar-refractivity contribution is 5.79. The molecule has 0 aliphatic rings. The van der Waals surface area contributed by atoms with Gasteiger partial charge in [0.1, 0.15) is 6.04 Å². The van der Waals surface area contributed by atoms with Crippen LogP contribution in [0.5, 0.6) is 0 Å². The molecule has 0 aliphatic carbocycles. The lowest BCUT2D eigenvalue weighted by atomic mass is 9.92. The van der Waals surface area contributed by atoms with Crippen LogP contribution >= 0.6 is 0 Å². The number of nitrogens with two attached hydrogens (primary N) is 1. The van der Waals surface area contributed by atoms with Gasteiger partial charge in [0.15, 0.2) is 0 Å². The molecular weight excluding hydrogens is 228 g/mol. The third-order valence-electron chi connectivity index (χ3n) is 3.35. The molecule has 102 valence electrons. The average molecular weight is 252 g/mol. The smallest absolute Gasteiger partial charge is 0.244 e. The van der Waals surface area contributed by atoms with Crippen molar-refractivity contribution >= 4 is 5.91 Å². The molecule has 2 unspecified atom stereocenters. The zero-order valence-electron chi connectivity index (χ0n) is 11.9. The average Bonchev–Trinajstić information content (AvgIpc) is 2.76. The maximum absolute atomic E-state index is 12.0. The summed E-state index contributed by atoms with van der Waals surface area (Å²) in [6.07, 6.45) is 3.53. The van der Waals surface area contributed by atoms with E-state index in [-0.39, 0.29) is 17.9 Å². The Kier molecular flexibility index (Phi) is 4.90.